The summed E-state index contributed by atoms with van der Waals surface area (Å²) in [7, 11) is -4.04. The number of carbonyl (C=O) groups excluding carboxylic acids is 1. The van der Waals surface area contributed by atoms with Crippen molar-refractivity contribution in [2.45, 2.75) is 17.9 Å². The molecule has 0 aliphatic heterocycles. The van der Waals surface area contributed by atoms with Gasteiger partial charge >= 0.3 is 0 Å². The van der Waals surface area contributed by atoms with Crippen molar-refractivity contribution in [3.05, 3.63) is 56.5 Å². The molecule has 0 bridgehead atoms. The molecule has 0 fully saturated rings. The molecule has 1 atom stereocenters. The van der Waals surface area contributed by atoms with Gasteiger partial charge in [-0.15, -0.1) is 0 Å². The molecule has 25 heavy (non-hydrogen) atoms. The van der Waals surface area contributed by atoms with Crippen molar-refractivity contribution in [1.82, 2.24) is 4.72 Å². The van der Waals surface area contributed by atoms with Gasteiger partial charge in [0.05, 0.1) is 21.1 Å². The lowest BCUT2D eigenvalue weighted by Gasteiger charge is -2.15. The first-order valence-corrected chi connectivity index (χ1v) is 9.83. The monoisotopic (exact) mass is 440 g/mol. The summed E-state index contributed by atoms with van der Waals surface area (Å²) in [4.78, 5) is 12.0. The Morgan fingerprint density at radius 2 is 1.60 bits per heavy atom. The third kappa shape index (κ3) is 5.23. The molecule has 1 amide bonds. The summed E-state index contributed by atoms with van der Waals surface area (Å²) in [5, 5.41) is 3.34. The quantitative estimate of drug-likeness (QED) is 0.711. The van der Waals surface area contributed by atoms with E-state index in [0.29, 0.717) is 10.7 Å². The van der Waals surface area contributed by atoms with Gasteiger partial charge in [-0.05, 0) is 43.3 Å². The van der Waals surface area contributed by atoms with Gasteiger partial charge in [-0.2, -0.15) is 4.72 Å². The zero-order chi connectivity index (χ0) is 18.8. The van der Waals surface area contributed by atoms with E-state index in [-0.39, 0.29) is 20.0 Å². The summed E-state index contributed by atoms with van der Waals surface area (Å²) in [6, 6.07) is 7.46. The van der Waals surface area contributed by atoms with Gasteiger partial charge in [-0.25, -0.2) is 8.42 Å². The number of nitrogens with one attached hydrogen (secondary N) is 2. The van der Waals surface area contributed by atoms with E-state index in [0.717, 1.165) is 0 Å². The van der Waals surface area contributed by atoms with Crippen LogP contribution in [0.1, 0.15) is 6.92 Å². The topological polar surface area (TPSA) is 75.3 Å². The van der Waals surface area contributed by atoms with Crippen LogP contribution < -0.4 is 10.0 Å². The van der Waals surface area contributed by atoms with E-state index in [1.54, 1.807) is 6.07 Å². The van der Waals surface area contributed by atoms with Gasteiger partial charge in [-0.3, -0.25) is 4.79 Å². The summed E-state index contributed by atoms with van der Waals surface area (Å²) in [5.74, 6) is -0.583. The minimum absolute atomic E-state index is 0.00556. The Labute approximate surface area is 165 Å². The van der Waals surface area contributed by atoms with Crippen molar-refractivity contribution in [1.29, 1.82) is 0 Å². The van der Waals surface area contributed by atoms with Crippen molar-refractivity contribution < 1.29 is 13.2 Å². The molecular formula is C15H12Cl4N2O3S. The molecule has 0 heterocycles. The van der Waals surface area contributed by atoms with Crippen LogP contribution in [-0.4, -0.2) is 20.4 Å². The molecule has 2 rings (SSSR count). The molecule has 134 valence electrons. The Morgan fingerprint density at radius 3 is 2.24 bits per heavy atom. The first-order chi connectivity index (χ1) is 11.6. The Hall–Kier alpha value is -1.02. The second-order valence-electron chi connectivity index (χ2n) is 5.04. The number of carbonyl (C=O) groups is 1. The molecule has 0 aliphatic carbocycles. The van der Waals surface area contributed by atoms with Crippen LogP contribution >= 0.6 is 46.4 Å². The number of anilines is 1. The summed E-state index contributed by atoms with van der Waals surface area (Å²) < 4.78 is 27.0. The van der Waals surface area contributed by atoms with E-state index >= 15 is 0 Å². The summed E-state index contributed by atoms with van der Waals surface area (Å²) >= 11 is 23.4. The maximum atomic E-state index is 12.4. The summed E-state index contributed by atoms with van der Waals surface area (Å²) in [6.07, 6.45) is 0. The van der Waals surface area contributed by atoms with E-state index in [9.17, 15) is 13.2 Å². The zero-order valence-electron chi connectivity index (χ0n) is 12.7. The number of hydrogen-bond acceptors (Lipinski definition) is 3. The molecule has 0 radical (unpaired) electrons. The van der Waals surface area contributed by atoms with Crippen molar-refractivity contribution in [3.8, 4) is 0 Å². The number of rotatable bonds is 5. The van der Waals surface area contributed by atoms with E-state index in [2.05, 4.69) is 10.0 Å². The lowest BCUT2D eigenvalue weighted by atomic mass is 10.3. The molecule has 0 saturated heterocycles. The standard InChI is InChI=1S/C15H12Cl4N2O3S/c1-8(15(22)20-10-3-5-11(17)13(19)7-10)21-25(23,24)14-6-9(16)2-4-12(14)18/h2-8,21H,1H3,(H,20,22)/t8-/m0/s1. The maximum Gasteiger partial charge on any atom is 0.242 e. The number of benzene rings is 2. The van der Waals surface area contributed by atoms with Crippen LogP contribution in [0.5, 0.6) is 0 Å². The predicted octanol–water partition coefficient (Wildman–Crippen LogP) is 4.61. The van der Waals surface area contributed by atoms with Gasteiger partial charge in [-0.1, -0.05) is 46.4 Å². The van der Waals surface area contributed by atoms with E-state index in [1.165, 1.54) is 37.3 Å². The Morgan fingerprint density at radius 1 is 0.960 bits per heavy atom. The van der Waals surface area contributed by atoms with Gasteiger partial charge in [0, 0.05) is 10.7 Å². The fourth-order valence-corrected chi connectivity index (χ4v) is 4.12. The molecule has 0 aromatic heterocycles. The van der Waals surface area contributed by atoms with Crippen LogP contribution in [0.3, 0.4) is 0 Å². The highest BCUT2D eigenvalue weighted by molar-refractivity contribution is 7.89. The molecule has 0 saturated carbocycles. The molecular weight excluding hydrogens is 430 g/mol. The molecule has 5 nitrogen and oxygen atoms in total. The van der Waals surface area contributed by atoms with Crippen LogP contribution in [-0.2, 0) is 14.8 Å². The van der Waals surface area contributed by atoms with E-state index in [1.807, 2.05) is 0 Å². The third-order valence-electron chi connectivity index (χ3n) is 3.10. The average Bonchev–Trinajstić information content (AvgIpc) is 2.52. The van der Waals surface area contributed by atoms with Crippen LogP contribution in [0, 0.1) is 0 Å². The fraction of sp³-hybridized carbons (Fsp3) is 0.133. The molecule has 2 aromatic rings. The Balaban J connectivity index is 2.14. The highest BCUT2D eigenvalue weighted by atomic mass is 35.5. The van der Waals surface area contributed by atoms with Crippen LogP contribution in [0.25, 0.3) is 0 Å². The van der Waals surface area contributed by atoms with Crippen LogP contribution in [0.2, 0.25) is 20.1 Å². The SMILES string of the molecule is C[C@H](NS(=O)(=O)c1cc(Cl)ccc1Cl)C(=O)Nc1ccc(Cl)c(Cl)c1. The van der Waals surface area contributed by atoms with Gasteiger partial charge in [0.15, 0.2) is 0 Å². The number of halogens is 4. The summed E-state index contributed by atoms with van der Waals surface area (Å²) in [6.45, 7) is 1.39. The molecule has 0 aliphatic rings. The van der Waals surface area contributed by atoms with Crippen LogP contribution in [0.4, 0.5) is 5.69 Å². The van der Waals surface area contributed by atoms with E-state index < -0.39 is 22.0 Å². The van der Waals surface area contributed by atoms with Gasteiger partial charge in [0.2, 0.25) is 15.9 Å². The molecule has 0 unspecified atom stereocenters. The Kier molecular flexibility index (Phi) is 6.59. The second-order valence-corrected chi connectivity index (χ2v) is 8.38. The minimum atomic E-state index is -4.04. The number of hydrogen-bond donors (Lipinski definition) is 2. The number of amides is 1. The summed E-state index contributed by atoms with van der Waals surface area (Å²) in [5.41, 5.74) is 0.381. The largest absolute Gasteiger partial charge is 0.325 e. The fourth-order valence-electron chi connectivity index (χ4n) is 1.86. The molecule has 0 spiro atoms. The lowest BCUT2D eigenvalue weighted by molar-refractivity contribution is -0.117. The maximum absolute atomic E-state index is 12.4. The second kappa shape index (κ2) is 8.12. The molecule has 10 heteroatoms. The number of sulfonamides is 1. The van der Waals surface area contributed by atoms with Crippen molar-refractivity contribution in [2.75, 3.05) is 5.32 Å². The van der Waals surface area contributed by atoms with Gasteiger partial charge < -0.3 is 5.32 Å². The van der Waals surface area contributed by atoms with E-state index in [4.69, 9.17) is 46.4 Å². The molecule has 2 N–H and O–H groups in total. The lowest BCUT2D eigenvalue weighted by Crippen LogP contribution is -2.41. The normalized spacial score (nSPS) is 12.7. The molecule has 2 aromatic carbocycles. The van der Waals surface area contributed by atoms with Crippen molar-refractivity contribution >= 4 is 68.0 Å². The Bertz CT molecular complexity index is 919. The van der Waals surface area contributed by atoms with Crippen molar-refractivity contribution in [2.24, 2.45) is 0 Å². The van der Waals surface area contributed by atoms with Crippen molar-refractivity contribution in [3.63, 3.8) is 0 Å². The predicted molar refractivity (Wildman–Crippen MR) is 101 cm³/mol. The highest BCUT2D eigenvalue weighted by Crippen LogP contribution is 2.26. The smallest absolute Gasteiger partial charge is 0.242 e. The van der Waals surface area contributed by atoms with Gasteiger partial charge in [0.1, 0.15) is 4.90 Å². The average molecular weight is 442 g/mol. The highest BCUT2D eigenvalue weighted by Gasteiger charge is 2.24. The first kappa shape index (κ1) is 20.3. The first-order valence-electron chi connectivity index (χ1n) is 6.83. The zero-order valence-corrected chi connectivity index (χ0v) is 16.5. The third-order valence-corrected chi connectivity index (χ3v) is 6.09. The van der Waals surface area contributed by atoms with Gasteiger partial charge in [0.25, 0.3) is 0 Å². The van der Waals surface area contributed by atoms with Crippen LogP contribution in [0.15, 0.2) is 41.3 Å². The minimum Gasteiger partial charge on any atom is -0.325 e.